The summed E-state index contributed by atoms with van der Waals surface area (Å²) in [5, 5.41) is 19.7. The number of thioether (sulfide) groups is 1. The molecule has 2 aliphatic heterocycles. The lowest BCUT2D eigenvalue weighted by atomic mass is 10.0. The van der Waals surface area contributed by atoms with Gasteiger partial charge in [-0.3, -0.25) is 14.5 Å². The number of carboxylic acids is 1. The summed E-state index contributed by atoms with van der Waals surface area (Å²) in [6, 6.07) is 10.3. The number of nitrogens with two attached hydrogens (primary N) is 1. The van der Waals surface area contributed by atoms with E-state index in [2.05, 4.69) is 20.4 Å². The number of nitrogens with zero attached hydrogens (tertiary/aromatic N) is 5. The van der Waals surface area contributed by atoms with E-state index in [0.717, 1.165) is 21.8 Å². The van der Waals surface area contributed by atoms with Crippen LogP contribution < -0.4 is 20.7 Å². The molecule has 2 aliphatic rings. The Kier molecular flexibility index (Phi) is 6.88. The number of rotatable bonds is 8. The summed E-state index contributed by atoms with van der Waals surface area (Å²) in [7, 11) is 1.27. The van der Waals surface area contributed by atoms with Crippen molar-refractivity contribution < 1.29 is 33.3 Å². The molecule has 1 saturated heterocycles. The summed E-state index contributed by atoms with van der Waals surface area (Å²) >= 11 is 2.45. The molecule has 0 aliphatic carbocycles. The van der Waals surface area contributed by atoms with Crippen molar-refractivity contribution in [3.05, 3.63) is 71.1 Å². The standard InChI is InChI=1S/C26H21N7O6S2/c1-38-31-18(16-12-41-26(27)29-16)21(34)30-19-23(35)33-20(25(36)37)14(11-40-24(19)33)9-32-8-7-15-17(10-32)39-22(28-15)13-5-3-2-4-6-13/h2-8,10,12,19,24H,9,11H2,1H3,(H3-,27,29,30,34,36,37)/t19?,24-/m0/s1. The maximum Gasteiger partial charge on any atom is 0.276 e. The van der Waals surface area contributed by atoms with E-state index in [4.69, 9.17) is 15.0 Å². The van der Waals surface area contributed by atoms with Crippen molar-refractivity contribution in [2.24, 2.45) is 5.16 Å². The van der Waals surface area contributed by atoms with Crippen LogP contribution in [0.1, 0.15) is 5.69 Å². The summed E-state index contributed by atoms with van der Waals surface area (Å²) in [6.07, 6.45) is 3.49. The van der Waals surface area contributed by atoms with Crippen LogP contribution in [0.15, 0.2) is 75.0 Å². The van der Waals surface area contributed by atoms with Gasteiger partial charge in [-0.2, -0.15) is 4.57 Å². The molecule has 2 atom stereocenters. The number of anilines is 1. The Balaban J connectivity index is 1.21. The second kappa shape index (κ2) is 10.7. The van der Waals surface area contributed by atoms with Gasteiger partial charge >= 0.3 is 0 Å². The van der Waals surface area contributed by atoms with Crippen LogP contribution in [0.2, 0.25) is 0 Å². The number of fused-ring (bicyclic) bond motifs is 2. The molecule has 5 heterocycles. The molecule has 4 aromatic rings. The first kappa shape index (κ1) is 26.5. The quantitative estimate of drug-likeness (QED) is 0.125. The predicted molar refractivity (Wildman–Crippen MR) is 147 cm³/mol. The molecule has 15 heteroatoms. The minimum absolute atomic E-state index is 0.154. The number of hydrogen-bond donors (Lipinski definition) is 2. The van der Waals surface area contributed by atoms with Crippen LogP contribution >= 0.6 is 23.1 Å². The number of amides is 2. The summed E-state index contributed by atoms with van der Waals surface area (Å²) in [5.74, 6) is -1.99. The number of carbonyl (C=O) groups is 3. The van der Waals surface area contributed by atoms with Crippen LogP contribution in [0.5, 0.6) is 0 Å². The number of oxazole rings is 1. The number of aromatic nitrogens is 3. The van der Waals surface area contributed by atoms with Gasteiger partial charge in [0.25, 0.3) is 11.8 Å². The summed E-state index contributed by atoms with van der Waals surface area (Å²) in [5.41, 5.74) is 7.99. The van der Waals surface area contributed by atoms with Gasteiger partial charge in [-0.1, -0.05) is 23.4 Å². The Morgan fingerprint density at radius 2 is 2.10 bits per heavy atom. The van der Waals surface area contributed by atoms with Crippen molar-refractivity contribution in [3.8, 4) is 11.5 Å². The van der Waals surface area contributed by atoms with Crippen LogP contribution in [0.3, 0.4) is 0 Å². The molecule has 0 saturated carbocycles. The first-order chi connectivity index (χ1) is 19.8. The highest BCUT2D eigenvalue weighted by molar-refractivity contribution is 8.00. The fraction of sp³-hybridized carbons (Fsp3) is 0.192. The molecular formula is C26H21N7O6S2. The Labute approximate surface area is 240 Å². The molecule has 1 unspecified atom stereocenters. The molecule has 2 amide bonds. The number of benzene rings is 1. The van der Waals surface area contributed by atoms with Crippen LogP contribution in [0.4, 0.5) is 5.13 Å². The lowest BCUT2D eigenvalue weighted by Crippen LogP contribution is -2.71. The normalized spacial score (nSPS) is 18.7. The number of carbonyl (C=O) groups excluding carboxylic acids is 3. The lowest BCUT2D eigenvalue weighted by molar-refractivity contribution is -0.688. The number of oxime groups is 1. The summed E-state index contributed by atoms with van der Waals surface area (Å²) in [4.78, 5) is 52.8. The topological polar surface area (TPSA) is 180 Å². The third-order valence-electron chi connectivity index (χ3n) is 6.47. The number of thiazole rings is 1. The van der Waals surface area contributed by atoms with E-state index in [0.29, 0.717) is 28.3 Å². The fourth-order valence-electron chi connectivity index (χ4n) is 4.63. The number of nitrogens with one attached hydrogen (secondary N) is 1. The van der Waals surface area contributed by atoms with Crippen molar-refractivity contribution in [2.45, 2.75) is 18.0 Å². The van der Waals surface area contributed by atoms with E-state index in [1.165, 1.54) is 24.3 Å². The number of pyridine rings is 1. The second-order valence-corrected chi connectivity index (χ2v) is 11.0. The largest absolute Gasteiger partial charge is 0.543 e. The Morgan fingerprint density at radius 3 is 2.80 bits per heavy atom. The SMILES string of the molecule is CON=C(C(=O)NC1C(=O)N2C(C(=O)[O-])=C(C[n+]3ccc4nc(-c5ccccc5)oc4c3)CS[C@@H]12)c1csc(N)n1. The average Bonchev–Trinajstić information content (AvgIpc) is 3.60. The number of hydrogen-bond acceptors (Lipinski definition) is 12. The zero-order chi connectivity index (χ0) is 28.7. The fourth-order valence-corrected chi connectivity index (χ4v) is 6.52. The van der Waals surface area contributed by atoms with Crippen LogP contribution in [0.25, 0.3) is 22.6 Å². The molecule has 1 aromatic carbocycles. The summed E-state index contributed by atoms with van der Waals surface area (Å²) < 4.78 is 7.69. The van der Waals surface area contributed by atoms with E-state index >= 15 is 0 Å². The second-order valence-electron chi connectivity index (χ2n) is 9.05. The van der Waals surface area contributed by atoms with Crippen molar-refractivity contribution in [3.63, 3.8) is 0 Å². The van der Waals surface area contributed by atoms with Crippen molar-refractivity contribution in [1.29, 1.82) is 0 Å². The third kappa shape index (κ3) is 4.89. The van der Waals surface area contributed by atoms with E-state index in [-0.39, 0.29) is 28.8 Å². The lowest BCUT2D eigenvalue weighted by Gasteiger charge is -2.50. The van der Waals surface area contributed by atoms with Gasteiger partial charge in [0, 0.05) is 28.3 Å². The maximum atomic E-state index is 13.1. The molecule has 0 bridgehead atoms. The Morgan fingerprint density at radius 1 is 1.29 bits per heavy atom. The van der Waals surface area contributed by atoms with Gasteiger partial charge in [0.1, 0.15) is 29.7 Å². The van der Waals surface area contributed by atoms with Gasteiger partial charge in [0.05, 0.1) is 11.7 Å². The zero-order valence-electron chi connectivity index (χ0n) is 21.3. The highest BCUT2D eigenvalue weighted by Gasteiger charge is 2.53. The number of aliphatic carboxylic acids is 1. The van der Waals surface area contributed by atoms with Gasteiger partial charge in [-0.25, -0.2) is 9.97 Å². The van der Waals surface area contributed by atoms with Gasteiger partial charge in [-0.05, 0) is 12.1 Å². The smallest absolute Gasteiger partial charge is 0.276 e. The molecule has 1 fully saturated rings. The van der Waals surface area contributed by atoms with Crippen LogP contribution in [0, 0.1) is 0 Å². The van der Waals surface area contributed by atoms with E-state index in [1.54, 1.807) is 23.0 Å². The van der Waals surface area contributed by atoms with E-state index in [1.807, 2.05) is 30.3 Å². The van der Waals surface area contributed by atoms with Gasteiger partial charge < -0.3 is 30.2 Å². The zero-order valence-corrected chi connectivity index (χ0v) is 23.0. The van der Waals surface area contributed by atoms with Crippen molar-refractivity contribution in [2.75, 3.05) is 18.6 Å². The van der Waals surface area contributed by atoms with Gasteiger partial charge in [0.15, 0.2) is 23.6 Å². The predicted octanol–water partition coefficient (Wildman–Crippen LogP) is 0.276. The molecule has 3 aromatic heterocycles. The minimum Gasteiger partial charge on any atom is -0.543 e. The highest BCUT2D eigenvalue weighted by Crippen LogP contribution is 2.40. The Bertz CT molecular complexity index is 1750. The number of nitrogen functional groups attached to an aromatic ring is 1. The maximum absolute atomic E-state index is 13.1. The Hall–Kier alpha value is -4.76. The van der Waals surface area contributed by atoms with Gasteiger partial charge in [-0.15, -0.1) is 23.1 Å². The van der Waals surface area contributed by atoms with Gasteiger partial charge in [0.2, 0.25) is 17.7 Å². The molecule has 208 valence electrons. The molecule has 41 heavy (non-hydrogen) atoms. The molecule has 6 rings (SSSR count). The van der Waals surface area contributed by atoms with Crippen LogP contribution in [-0.4, -0.2) is 62.6 Å². The number of carboxylic acid groups (broad SMARTS) is 1. The van der Waals surface area contributed by atoms with E-state index < -0.39 is 29.2 Å². The molecule has 0 spiro atoms. The first-order valence-electron chi connectivity index (χ1n) is 12.2. The monoisotopic (exact) mass is 591 g/mol. The van der Waals surface area contributed by atoms with Crippen LogP contribution in [-0.2, 0) is 25.8 Å². The van der Waals surface area contributed by atoms with E-state index in [9.17, 15) is 19.5 Å². The average molecular weight is 592 g/mol. The van der Waals surface area contributed by atoms with Crippen molar-refractivity contribution in [1.82, 2.24) is 20.2 Å². The molecular weight excluding hydrogens is 570 g/mol. The minimum atomic E-state index is -1.48. The molecule has 13 nitrogen and oxygen atoms in total. The summed E-state index contributed by atoms with van der Waals surface area (Å²) in [6.45, 7) is 0.178. The third-order valence-corrected chi connectivity index (χ3v) is 8.49. The highest BCUT2D eigenvalue weighted by atomic mass is 32.2. The molecule has 0 radical (unpaired) electrons. The first-order valence-corrected chi connectivity index (χ1v) is 14.1. The van der Waals surface area contributed by atoms with Crippen molar-refractivity contribution >= 4 is 62.8 Å². The number of β-lactam (4-membered cyclic amide) rings is 1. The molecule has 3 N–H and O–H groups in total.